The van der Waals surface area contributed by atoms with Gasteiger partial charge in [0.05, 0.1) is 5.56 Å². The van der Waals surface area contributed by atoms with E-state index >= 15 is 0 Å². The van der Waals surface area contributed by atoms with Gasteiger partial charge in [0.1, 0.15) is 5.82 Å². The van der Waals surface area contributed by atoms with E-state index in [0.717, 1.165) is 56.4 Å². The maximum absolute atomic E-state index is 13.3. The van der Waals surface area contributed by atoms with Gasteiger partial charge in [0, 0.05) is 50.3 Å². The molecular weight excluding hydrogens is 478 g/mol. The van der Waals surface area contributed by atoms with Crippen LogP contribution in [-0.2, 0) is 15.8 Å². The van der Waals surface area contributed by atoms with Crippen LogP contribution in [0.25, 0.3) is 6.08 Å². The summed E-state index contributed by atoms with van der Waals surface area (Å²) in [5, 5.41) is 0. The average molecular weight is 510 g/mol. The first-order chi connectivity index (χ1) is 17.2. The van der Waals surface area contributed by atoms with Crippen molar-refractivity contribution in [3.05, 3.63) is 41.2 Å². The first-order valence-corrected chi connectivity index (χ1v) is 12.6. The van der Waals surface area contributed by atoms with Gasteiger partial charge in [0.2, 0.25) is 11.8 Å². The van der Waals surface area contributed by atoms with Crippen LogP contribution in [-0.4, -0.2) is 59.9 Å². The Morgan fingerprint density at radius 3 is 2.33 bits per heavy atom. The lowest BCUT2D eigenvalue weighted by atomic mass is 9.82. The van der Waals surface area contributed by atoms with E-state index in [2.05, 4.69) is 16.4 Å². The number of hydrazine groups is 2. The van der Waals surface area contributed by atoms with Crippen molar-refractivity contribution in [1.29, 1.82) is 0 Å². The van der Waals surface area contributed by atoms with Gasteiger partial charge in [-0.3, -0.25) is 9.59 Å². The van der Waals surface area contributed by atoms with Crippen molar-refractivity contribution in [3.8, 4) is 0 Å². The molecule has 1 saturated carbocycles. The van der Waals surface area contributed by atoms with Crippen LogP contribution in [0.5, 0.6) is 0 Å². The molecule has 0 bridgehead atoms. The molecule has 36 heavy (non-hydrogen) atoms. The number of likely N-dealkylation sites (tertiary alicyclic amines) is 2. The summed E-state index contributed by atoms with van der Waals surface area (Å²) < 4.78 is 53.0. The number of benzene rings is 1. The molecule has 3 aliphatic heterocycles. The normalized spacial score (nSPS) is 30.8. The first kappa shape index (κ1) is 25.2. The van der Waals surface area contributed by atoms with E-state index in [1.54, 1.807) is 4.90 Å². The Morgan fingerprint density at radius 1 is 0.944 bits per heavy atom. The standard InChI is InChI=1S/C25H31F4N5O2/c26-19-4-1-15(20(12-19)25(27,28)29)3-6-23(35)33-9-7-17-13-34(14-18(17)8-10-33)24(36)16-2-5-21-22(11-16)31-32-30-21/h1,3-4,6,12,16-18,21-22,30-32H,2,5,7-11,13-14H2/b6-3+/t16?,17-,18+,21?,22?. The summed E-state index contributed by atoms with van der Waals surface area (Å²) in [5.41, 5.74) is 7.99. The maximum Gasteiger partial charge on any atom is 0.417 e. The van der Waals surface area contributed by atoms with Crippen molar-refractivity contribution in [2.75, 3.05) is 26.2 Å². The van der Waals surface area contributed by atoms with Crippen molar-refractivity contribution in [3.63, 3.8) is 0 Å². The largest absolute Gasteiger partial charge is 0.417 e. The predicted octanol–water partition coefficient (Wildman–Crippen LogP) is 2.70. The molecule has 3 unspecified atom stereocenters. The van der Waals surface area contributed by atoms with Gasteiger partial charge in [-0.05, 0) is 67.7 Å². The number of carbonyl (C=O) groups excluding carboxylic acids is 2. The summed E-state index contributed by atoms with van der Waals surface area (Å²) in [6, 6.07) is 3.04. The Bertz CT molecular complexity index is 1020. The fourth-order valence-electron chi connectivity index (χ4n) is 6.15. The van der Waals surface area contributed by atoms with E-state index in [0.29, 0.717) is 50.1 Å². The molecule has 1 aliphatic carbocycles. The molecule has 5 rings (SSSR count). The second-order valence-corrected chi connectivity index (χ2v) is 10.4. The van der Waals surface area contributed by atoms with E-state index in [4.69, 9.17) is 0 Å². The molecule has 4 fully saturated rings. The fraction of sp³-hybridized carbons (Fsp3) is 0.600. The van der Waals surface area contributed by atoms with Gasteiger partial charge in [-0.25, -0.2) is 15.2 Å². The van der Waals surface area contributed by atoms with E-state index in [1.165, 1.54) is 0 Å². The quantitative estimate of drug-likeness (QED) is 0.432. The lowest BCUT2D eigenvalue weighted by Gasteiger charge is -2.32. The van der Waals surface area contributed by atoms with Gasteiger partial charge in [0.25, 0.3) is 0 Å². The Labute approximate surface area is 207 Å². The molecule has 5 atom stereocenters. The summed E-state index contributed by atoms with van der Waals surface area (Å²) in [4.78, 5) is 29.6. The molecule has 1 aromatic carbocycles. The molecule has 196 valence electrons. The van der Waals surface area contributed by atoms with Crippen LogP contribution in [0.3, 0.4) is 0 Å². The van der Waals surface area contributed by atoms with Crippen LogP contribution >= 0.6 is 0 Å². The monoisotopic (exact) mass is 509 g/mol. The summed E-state index contributed by atoms with van der Waals surface area (Å²) in [6.07, 6.45) is 1.68. The van der Waals surface area contributed by atoms with Crippen molar-refractivity contribution in [2.45, 2.75) is 50.4 Å². The van der Waals surface area contributed by atoms with Gasteiger partial charge in [-0.2, -0.15) is 18.7 Å². The fourth-order valence-corrected chi connectivity index (χ4v) is 6.15. The Morgan fingerprint density at radius 2 is 1.64 bits per heavy atom. The molecule has 3 N–H and O–H groups in total. The van der Waals surface area contributed by atoms with Crippen molar-refractivity contribution >= 4 is 17.9 Å². The minimum atomic E-state index is -4.71. The topological polar surface area (TPSA) is 76.7 Å². The molecule has 1 aromatic rings. The third kappa shape index (κ3) is 5.28. The molecule has 0 radical (unpaired) electrons. The maximum atomic E-state index is 13.3. The smallest absolute Gasteiger partial charge is 0.342 e. The molecule has 3 heterocycles. The zero-order valence-electron chi connectivity index (χ0n) is 19.9. The lowest BCUT2D eigenvalue weighted by molar-refractivity contribution is -0.138. The van der Waals surface area contributed by atoms with E-state index in [1.807, 2.05) is 4.90 Å². The molecule has 4 aliphatic rings. The van der Waals surface area contributed by atoms with E-state index in [-0.39, 0.29) is 29.3 Å². The van der Waals surface area contributed by atoms with Gasteiger partial charge in [-0.15, -0.1) is 0 Å². The minimum absolute atomic E-state index is 0.0269. The number of fused-ring (bicyclic) bond motifs is 2. The van der Waals surface area contributed by atoms with E-state index < -0.39 is 17.6 Å². The third-order valence-electron chi connectivity index (χ3n) is 8.18. The molecule has 7 nitrogen and oxygen atoms in total. The lowest BCUT2D eigenvalue weighted by Crippen LogP contribution is -2.45. The summed E-state index contributed by atoms with van der Waals surface area (Å²) in [5.74, 6) is -0.453. The zero-order chi connectivity index (χ0) is 25.4. The Kier molecular flexibility index (Phi) is 7.06. The molecular formula is C25H31F4N5O2. The molecule has 0 aromatic heterocycles. The minimum Gasteiger partial charge on any atom is -0.342 e. The summed E-state index contributed by atoms with van der Waals surface area (Å²) in [7, 11) is 0. The van der Waals surface area contributed by atoms with Crippen LogP contribution in [0.15, 0.2) is 24.3 Å². The second-order valence-electron chi connectivity index (χ2n) is 10.4. The van der Waals surface area contributed by atoms with Gasteiger partial charge in [0.15, 0.2) is 0 Å². The van der Waals surface area contributed by atoms with Crippen LogP contribution in [0, 0.1) is 23.6 Å². The van der Waals surface area contributed by atoms with Crippen molar-refractivity contribution in [1.82, 2.24) is 26.2 Å². The highest BCUT2D eigenvalue weighted by Crippen LogP contribution is 2.36. The van der Waals surface area contributed by atoms with Crippen molar-refractivity contribution in [2.24, 2.45) is 17.8 Å². The number of nitrogens with zero attached hydrogens (tertiary/aromatic N) is 2. The third-order valence-corrected chi connectivity index (χ3v) is 8.18. The van der Waals surface area contributed by atoms with Gasteiger partial charge >= 0.3 is 6.18 Å². The first-order valence-electron chi connectivity index (χ1n) is 12.6. The van der Waals surface area contributed by atoms with E-state index in [9.17, 15) is 27.2 Å². The van der Waals surface area contributed by atoms with Gasteiger partial charge in [-0.1, -0.05) is 6.07 Å². The van der Waals surface area contributed by atoms with Crippen LogP contribution in [0.1, 0.15) is 43.2 Å². The Balaban J connectivity index is 1.16. The number of rotatable bonds is 3. The van der Waals surface area contributed by atoms with Crippen LogP contribution in [0.2, 0.25) is 0 Å². The predicted molar refractivity (Wildman–Crippen MR) is 124 cm³/mol. The highest BCUT2D eigenvalue weighted by atomic mass is 19.4. The van der Waals surface area contributed by atoms with Crippen LogP contribution in [0.4, 0.5) is 17.6 Å². The molecule has 0 spiro atoms. The van der Waals surface area contributed by atoms with Crippen LogP contribution < -0.4 is 16.4 Å². The van der Waals surface area contributed by atoms with Crippen molar-refractivity contribution < 1.29 is 27.2 Å². The number of hydrogen-bond acceptors (Lipinski definition) is 5. The number of amides is 2. The number of nitrogens with one attached hydrogen (secondary N) is 3. The summed E-state index contributed by atoms with van der Waals surface area (Å²) in [6.45, 7) is 2.38. The highest BCUT2D eigenvalue weighted by molar-refractivity contribution is 5.92. The molecule has 2 amide bonds. The van der Waals surface area contributed by atoms with Gasteiger partial charge < -0.3 is 9.80 Å². The number of carbonyl (C=O) groups is 2. The highest BCUT2D eigenvalue weighted by Gasteiger charge is 2.42. The average Bonchev–Trinajstić information content (AvgIpc) is 3.44. The molecule has 3 saturated heterocycles. The second kappa shape index (κ2) is 10.1. The molecule has 11 heteroatoms. The summed E-state index contributed by atoms with van der Waals surface area (Å²) >= 11 is 0. The SMILES string of the molecule is O=C(/C=C/c1ccc(F)cc1C(F)(F)F)N1CC[C@@H]2CN(C(=O)C3CCC4NNNC4C3)C[C@@H]2CC1. The zero-order valence-corrected chi connectivity index (χ0v) is 19.9. The number of halogens is 4. The number of alkyl halides is 3. The number of hydrogen-bond donors (Lipinski definition) is 3. The Hall–Kier alpha value is -2.50.